The first-order chi connectivity index (χ1) is 8.29. The van der Waals surface area contributed by atoms with Gasteiger partial charge in [0.05, 0.1) is 33.0 Å². The Hall–Kier alpha value is -1.26. The number of nitrogens with one attached hydrogen (secondary N) is 1. The molecule has 1 aromatic rings. The minimum Gasteiger partial charge on any atom is -0.493 e. The molecule has 0 radical (unpaired) electrons. The number of hydrogen-bond acceptors (Lipinski definition) is 4. The highest BCUT2D eigenvalue weighted by Crippen LogP contribution is 2.40. The van der Waals surface area contributed by atoms with Crippen LogP contribution in [-0.2, 0) is 16.7 Å². The summed E-state index contributed by atoms with van der Waals surface area (Å²) >= 11 is 0. The minimum absolute atomic E-state index is 0.00708. The molecule has 0 unspecified atom stereocenters. The number of fused-ring (bicyclic) bond motifs is 2. The van der Waals surface area contributed by atoms with Crippen LogP contribution >= 0.6 is 0 Å². The molecule has 1 fully saturated rings. The average molecular weight is 235 g/mol. The molecule has 17 heavy (non-hydrogen) atoms. The fourth-order valence-electron chi connectivity index (χ4n) is 2.67. The van der Waals surface area contributed by atoms with E-state index in [0.717, 1.165) is 37.7 Å². The van der Waals surface area contributed by atoms with Crippen LogP contribution in [0.2, 0.25) is 0 Å². The number of ether oxygens (including phenoxy) is 3. The number of methoxy groups -OCH3 is 2. The van der Waals surface area contributed by atoms with Gasteiger partial charge < -0.3 is 19.5 Å². The van der Waals surface area contributed by atoms with Crippen LogP contribution in [0, 0.1) is 0 Å². The third-order valence-electron chi connectivity index (χ3n) is 3.68. The molecular weight excluding hydrogens is 218 g/mol. The van der Waals surface area contributed by atoms with E-state index >= 15 is 0 Å². The Balaban J connectivity index is 2.10. The van der Waals surface area contributed by atoms with Gasteiger partial charge in [0, 0.05) is 6.54 Å². The van der Waals surface area contributed by atoms with Gasteiger partial charge in [0.15, 0.2) is 11.5 Å². The summed E-state index contributed by atoms with van der Waals surface area (Å²) in [6.07, 6.45) is 1.03. The van der Waals surface area contributed by atoms with Crippen LogP contribution in [0.3, 0.4) is 0 Å². The summed E-state index contributed by atoms with van der Waals surface area (Å²) in [5, 5.41) is 3.56. The van der Waals surface area contributed by atoms with Crippen molar-refractivity contribution in [3.8, 4) is 11.5 Å². The van der Waals surface area contributed by atoms with Crippen LogP contribution < -0.4 is 14.8 Å². The van der Waals surface area contributed by atoms with Gasteiger partial charge in [0.2, 0.25) is 0 Å². The Bertz CT molecular complexity index is 441. The minimum atomic E-state index is 0.00708. The normalized spacial score (nSPS) is 20.6. The Morgan fingerprint density at radius 3 is 2.47 bits per heavy atom. The zero-order chi connectivity index (χ0) is 11.9. The van der Waals surface area contributed by atoms with Crippen molar-refractivity contribution in [1.82, 2.24) is 5.32 Å². The van der Waals surface area contributed by atoms with Gasteiger partial charge in [-0.15, -0.1) is 0 Å². The fourth-order valence-corrected chi connectivity index (χ4v) is 2.67. The van der Waals surface area contributed by atoms with Gasteiger partial charge in [0.1, 0.15) is 0 Å². The van der Waals surface area contributed by atoms with Crippen LogP contribution in [0.1, 0.15) is 11.1 Å². The highest BCUT2D eigenvalue weighted by atomic mass is 16.5. The molecule has 2 aliphatic heterocycles. The summed E-state index contributed by atoms with van der Waals surface area (Å²) in [6.45, 7) is 2.48. The van der Waals surface area contributed by atoms with Crippen LogP contribution in [-0.4, -0.2) is 34.0 Å². The van der Waals surface area contributed by atoms with Gasteiger partial charge in [-0.2, -0.15) is 0 Å². The first-order valence-corrected chi connectivity index (χ1v) is 5.87. The first kappa shape index (κ1) is 10.9. The summed E-state index contributed by atoms with van der Waals surface area (Å²) < 4.78 is 16.1. The zero-order valence-electron chi connectivity index (χ0n) is 10.2. The number of rotatable bonds is 2. The molecule has 4 heteroatoms. The summed E-state index contributed by atoms with van der Waals surface area (Å²) in [7, 11) is 3.35. The molecule has 1 aromatic carbocycles. The Labute approximate surface area is 101 Å². The van der Waals surface area contributed by atoms with Gasteiger partial charge in [-0.3, -0.25) is 0 Å². The third kappa shape index (κ3) is 1.51. The van der Waals surface area contributed by atoms with Gasteiger partial charge in [-0.25, -0.2) is 0 Å². The van der Waals surface area contributed by atoms with E-state index in [9.17, 15) is 0 Å². The largest absolute Gasteiger partial charge is 0.493 e. The highest BCUT2D eigenvalue weighted by molar-refractivity contribution is 5.51. The SMILES string of the molecule is COc1cc2c(cc1OC)C1(COC1)NCC2. The number of benzene rings is 1. The molecule has 92 valence electrons. The predicted octanol–water partition coefficient (Wildman–Crippen LogP) is 1.07. The van der Waals surface area contributed by atoms with Crippen molar-refractivity contribution in [3.63, 3.8) is 0 Å². The van der Waals surface area contributed by atoms with Crippen molar-refractivity contribution in [2.24, 2.45) is 0 Å². The Kier molecular flexibility index (Phi) is 2.49. The maximum atomic E-state index is 5.37. The summed E-state index contributed by atoms with van der Waals surface area (Å²) in [5.41, 5.74) is 2.64. The van der Waals surface area contributed by atoms with E-state index < -0.39 is 0 Å². The standard InChI is InChI=1S/C13H17NO3/c1-15-11-5-9-3-4-14-13(7-17-8-13)10(9)6-12(11)16-2/h5-6,14H,3-4,7-8H2,1-2H3. The fraction of sp³-hybridized carbons (Fsp3) is 0.538. The zero-order valence-corrected chi connectivity index (χ0v) is 10.2. The molecule has 0 bridgehead atoms. The molecule has 3 rings (SSSR count). The molecule has 1 saturated heterocycles. The van der Waals surface area contributed by atoms with Gasteiger partial charge in [-0.1, -0.05) is 0 Å². The van der Waals surface area contributed by atoms with E-state index in [-0.39, 0.29) is 5.54 Å². The lowest BCUT2D eigenvalue weighted by Gasteiger charge is -2.46. The molecular formula is C13H17NO3. The maximum Gasteiger partial charge on any atom is 0.161 e. The maximum absolute atomic E-state index is 5.37. The molecule has 0 aliphatic carbocycles. The second kappa shape index (κ2) is 3.89. The molecule has 2 heterocycles. The van der Waals surface area contributed by atoms with E-state index in [1.54, 1.807) is 14.2 Å². The molecule has 0 aromatic heterocycles. The molecule has 0 saturated carbocycles. The first-order valence-electron chi connectivity index (χ1n) is 5.87. The van der Waals surface area contributed by atoms with Gasteiger partial charge in [0.25, 0.3) is 0 Å². The Morgan fingerprint density at radius 2 is 1.88 bits per heavy atom. The topological polar surface area (TPSA) is 39.7 Å². The van der Waals surface area contributed by atoms with E-state index in [1.807, 2.05) is 0 Å². The van der Waals surface area contributed by atoms with Crippen LogP contribution in [0.15, 0.2) is 12.1 Å². The van der Waals surface area contributed by atoms with Crippen LogP contribution in [0.5, 0.6) is 11.5 Å². The van der Waals surface area contributed by atoms with Crippen molar-refractivity contribution in [3.05, 3.63) is 23.3 Å². The van der Waals surface area contributed by atoms with E-state index in [4.69, 9.17) is 14.2 Å². The molecule has 2 aliphatic rings. The van der Waals surface area contributed by atoms with E-state index in [1.165, 1.54) is 11.1 Å². The van der Waals surface area contributed by atoms with Crippen molar-refractivity contribution < 1.29 is 14.2 Å². The summed E-state index contributed by atoms with van der Waals surface area (Å²) in [5.74, 6) is 1.60. The second-order valence-electron chi connectivity index (χ2n) is 4.62. The molecule has 1 N–H and O–H groups in total. The van der Waals surface area contributed by atoms with E-state index in [0.29, 0.717) is 0 Å². The van der Waals surface area contributed by atoms with Gasteiger partial charge >= 0.3 is 0 Å². The lowest BCUT2D eigenvalue weighted by atomic mass is 9.80. The molecule has 1 spiro atoms. The number of hydrogen-bond donors (Lipinski definition) is 1. The lowest BCUT2D eigenvalue weighted by molar-refractivity contribution is -0.0815. The average Bonchev–Trinajstić information content (AvgIpc) is 2.34. The predicted molar refractivity (Wildman–Crippen MR) is 63.7 cm³/mol. The molecule has 0 amide bonds. The smallest absolute Gasteiger partial charge is 0.161 e. The van der Waals surface area contributed by atoms with Crippen molar-refractivity contribution in [2.45, 2.75) is 12.0 Å². The van der Waals surface area contributed by atoms with Crippen LogP contribution in [0.25, 0.3) is 0 Å². The van der Waals surface area contributed by atoms with Crippen molar-refractivity contribution in [2.75, 3.05) is 34.0 Å². The summed E-state index contributed by atoms with van der Waals surface area (Å²) in [6, 6.07) is 4.18. The van der Waals surface area contributed by atoms with Crippen molar-refractivity contribution in [1.29, 1.82) is 0 Å². The van der Waals surface area contributed by atoms with Crippen LogP contribution in [0.4, 0.5) is 0 Å². The molecule has 0 atom stereocenters. The third-order valence-corrected chi connectivity index (χ3v) is 3.68. The van der Waals surface area contributed by atoms with Gasteiger partial charge in [-0.05, 0) is 29.7 Å². The highest BCUT2D eigenvalue weighted by Gasteiger charge is 2.43. The van der Waals surface area contributed by atoms with E-state index in [2.05, 4.69) is 17.4 Å². The second-order valence-corrected chi connectivity index (χ2v) is 4.62. The quantitative estimate of drug-likeness (QED) is 0.832. The lowest BCUT2D eigenvalue weighted by Crippen LogP contribution is -2.60. The summed E-state index contributed by atoms with van der Waals surface area (Å²) in [4.78, 5) is 0. The Morgan fingerprint density at radius 1 is 1.18 bits per heavy atom. The molecule has 4 nitrogen and oxygen atoms in total. The monoisotopic (exact) mass is 235 g/mol. The van der Waals surface area contributed by atoms with Crippen molar-refractivity contribution >= 4 is 0 Å².